The molecule has 1 aliphatic heterocycles. The molecule has 0 spiro atoms. The number of carbonyl (C=O) groups is 2. The van der Waals surface area contributed by atoms with Crippen molar-refractivity contribution >= 4 is 11.9 Å². The lowest BCUT2D eigenvalue weighted by Crippen LogP contribution is -2.46. The van der Waals surface area contributed by atoms with Gasteiger partial charge in [0.05, 0.1) is 20.3 Å². The fraction of sp³-hybridized carbons (Fsp3) is 0.345. The quantitative estimate of drug-likeness (QED) is 0.439. The number of nitrogens with zero attached hydrogens (tertiary/aromatic N) is 1. The molecule has 3 aromatic rings. The second-order valence-electron chi connectivity index (χ2n) is 9.38. The van der Waals surface area contributed by atoms with Crippen molar-refractivity contribution in [2.75, 3.05) is 20.3 Å². The van der Waals surface area contributed by atoms with E-state index in [9.17, 15) is 19.1 Å². The average molecular weight is 539 g/mol. The highest BCUT2D eigenvalue weighted by molar-refractivity contribution is 5.98. The number of halogens is 1. The van der Waals surface area contributed by atoms with Crippen molar-refractivity contribution < 1.29 is 38.0 Å². The average Bonchev–Trinajstić information content (AvgIpc) is 2.96. The number of nitrogens with one attached hydrogen (secondary N) is 1. The van der Waals surface area contributed by atoms with Gasteiger partial charge in [-0.1, -0.05) is 29.8 Å². The van der Waals surface area contributed by atoms with Crippen molar-refractivity contribution in [3.8, 4) is 17.2 Å². The number of aryl methyl sites for hydroxylation is 1. The van der Waals surface area contributed by atoms with Crippen LogP contribution in [0.5, 0.6) is 17.2 Å². The highest BCUT2D eigenvalue weighted by atomic mass is 19.1. The second kappa shape index (κ2) is 12.6. The van der Waals surface area contributed by atoms with Gasteiger partial charge in [0, 0.05) is 18.2 Å². The molecule has 4 rings (SSSR count). The number of aromatic nitrogens is 1. The van der Waals surface area contributed by atoms with Gasteiger partial charge in [0.25, 0.3) is 5.91 Å². The van der Waals surface area contributed by atoms with Gasteiger partial charge in [-0.15, -0.1) is 0 Å². The van der Waals surface area contributed by atoms with E-state index >= 15 is 0 Å². The SMILES string of the molecule is COc1ccnc(C(=O)NC2COCC(Oc3ccc(C)cc3)C(Cc3ccc(F)cc3)C(C)OC2=O)c1O. The Labute approximate surface area is 225 Å². The van der Waals surface area contributed by atoms with Crippen LogP contribution < -0.4 is 14.8 Å². The van der Waals surface area contributed by atoms with Gasteiger partial charge in [0.2, 0.25) is 0 Å². The summed E-state index contributed by atoms with van der Waals surface area (Å²) in [4.78, 5) is 29.9. The number of pyridine rings is 1. The van der Waals surface area contributed by atoms with Crippen molar-refractivity contribution in [3.05, 3.63) is 83.4 Å². The molecule has 0 radical (unpaired) electrons. The van der Waals surface area contributed by atoms with E-state index in [-0.39, 0.29) is 36.4 Å². The monoisotopic (exact) mass is 538 g/mol. The maximum absolute atomic E-state index is 13.5. The van der Waals surface area contributed by atoms with E-state index in [0.717, 1.165) is 11.1 Å². The highest BCUT2D eigenvalue weighted by Gasteiger charge is 2.36. The number of esters is 1. The molecule has 1 amide bonds. The zero-order chi connectivity index (χ0) is 27.9. The van der Waals surface area contributed by atoms with Gasteiger partial charge < -0.3 is 29.4 Å². The summed E-state index contributed by atoms with van der Waals surface area (Å²) in [5.41, 5.74) is 1.61. The van der Waals surface area contributed by atoms with Crippen LogP contribution in [-0.4, -0.2) is 60.5 Å². The molecule has 9 nitrogen and oxygen atoms in total. The molecular formula is C29H31FN2O7. The van der Waals surface area contributed by atoms with E-state index in [0.29, 0.717) is 12.2 Å². The van der Waals surface area contributed by atoms with Crippen LogP contribution in [0.3, 0.4) is 0 Å². The summed E-state index contributed by atoms with van der Waals surface area (Å²) in [5, 5.41) is 12.8. The van der Waals surface area contributed by atoms with Gasteiger partial charge in [-0.25, -0.2) is 14.2 Å². The van der Waals surface area contributed by atoms with E-state index in [1.807, 2.05) is 31.2 Å². The predicted octanol–water partition coefficient (Wildman–Crippen LogP) is 3.61. The summed E-state index contributed by atoms with van der Waals surface area (Å²) in [6.45, 7) is 3.62. The smallest absolute Gasteiger partial charge is 0.331 e. The topological polar surface area (TPSA) is 116 Å². The van der Waals surface area contributed by atoms with Crippen LogP contribution in [0, 0.1) is 18.7 Å². The molecule has 0 saturated carbocycles. The van der Waals surface area contributed by atoms with E-state index in [4.69, 9.17) is 18.9 Å². The standard InChI is InChI=1S/C29H31FN2O7/c1-17-4-10-21(11-5-17)39-25-16-37-15-23(32-28(34)26-27(33)24(36-3)12-13-31-26)29(35)38-18(2)22(25)14-19-6-8-20(30)9-7-19/h4-13,18,22-23,25,33H,14-16H2,1-3H3,(H,32,34). The highest BCUT2D eigenvalue weighted by Crippen LogP contribution is 2.28. The fourth-order valence-corrected chi connectivity index (χ4v) is 4.35. The maximum atomic E-state index is 13.5. The molecule has 2 heterocycles. The number of rotatable bonds is 7. The first-order chi connectivity index (χ1) is 18.7. The molecule has 2 aromatic carbocycles. The predicted molar refractivity (Wildman–Crippen MR) is 139 cm³/mol. The summed E-state index contributed by atoms with van der Waals surface area (Å²) in [7, 11) is 1.35. The second-order valence-corrected chi connectivity index (χ2v) is 9.38. The Kier molecular flexibility index (Phi) is 8.98. The van der Waals surface area contributed by atoms with Gasteiger partial charge >= 0.3 is 5.97 Å². The minimum Gasteiger partial charge on any atom is -0.503 e. The van der Waals surface area contributed by atoms with Crippen LogP contribution in [0.1, 0.15) is 28.5 Å². The van der Waals surface area contributed by atoms with Crippen LogP contribution in [0.4, 0.5) is 4.39 Å². The van der Waals surface area contributed by atoms with Gasteiger partial charge in [-0.05, 0) is 50.1 Å². The molecule has 0 bridgehead atoms. The summed E-state index contributed by atoms with van der Waals surface area (Å²) in [6, 6.07) is 13.9. The summed E-state index contributed by atoms with van der Waals surface area (Å²) >= 11 is 0. The third-order valence-electron chi connectivity index (χ3n) is 6.55. The Morgan fingerprint density at radius 2 is 1.85 bits per heavy atom. The van der Waals surface area contributed by atoms with Crippen molar-refractivity contribution in [1.82, 2.24) is 10.3 Å². The Hall–Kier alpha value is -4.18. The van der Waals surface area contributed by atoms with Gasteiger partial charge in [0.1, 0.15) is 23.8 Å². The molecule has 0 aliphatic carbocycles. The molecule has 39 heavy (non-hydrogen) atoms. The molecule has 1 aliphatic rings. The van der Waals surface area contributed by atoms with Crippen molar-refractivity contribution in [3.63, 3.8) is 0 Å². The third-order valence-corrected chi connectivity index (χ3v) is 6.55. The normalized spacial score (nSPS) is 21.6. The number of hydrogen-bond acceptors (Lipinski definition) is 8. The van der Waals surface area contributed by atoms with E-state index in [1.165, 1.54) is 31.5 Å². The Morgan fingerprint density at radius 1 is 1.13 bits per heavy atom. The first-order valence-corrected chi connectivity index (χ1v) is 12.5. The number of amides is 1. The Bertz CT molecular complexity index is 1280. The minimum absolute atomic E-state index is 0.0665. The summed E-state index contributed by atoms with van der Waals surface area (Å²) in [5.74, 6) is -1.97. The van der Waals surface area contributed by atoms with Crippen LogP contribution in [0.2, 0.25) is 0 Å². The lowest BCUT2D eigenvalue weighted by Gasteiger charge is -2.31. The van der Waals surface area contributed by atoms with Gasteiger partial charge in [-0.2, -0.15) is 0 Å². The number of ether oxygens (including phenoxy) is 4. The molecule has 2 N–H and O–H groups in total. The Morgan fingerprint density at radius 3 is 2.54 bits per heavy atom. The largest absolute Gasteiger partial charge is 0.503 e. The number of benzene rings is 2. The lowest BCUT2D eigenvalue weighted by molar-refractivity contribution is -0.154. The van der Waals surface area contributed by atoms with E-state index in [2.05, 4.69) is 10.3 Å². The molecule has 1 saturated heterocycles. The van der Waals surface area contributed by atoms with Crippen LogP contribution in [-0.2, 0) is 20.7 Å². The van der Waals surface area contributed by atoms with Gasteiger partial charge in [0.15, 0.2) is 23.2 Å². The zero-order valence-electron chi connectivity index (χ0n) is 21.9. The van der Waals surface area contributed by atoms with E-state index in [1.54, 1.807) is 19.1 Å². The van der Waals surface area contributed by atoms with Crippen molar-refractivity contribution in [2.24, 2.45) is 5.92 Å². The minimum atomic E-state index is -1.17. The fourth-order valence-electron chi connectivity index (χ4n) is 4.35. The maximum Gasteiger partial charge on any atom is 0.331 e. The molecular weight excluding hydrogens is 507 g/mol. The van der Waals surface area contributed by atoms with Crippen molar-refractivity contribution in [1.29, 1.82) is 0 Å². The third kappa shape index (κ3) is 7.02. The molecule has 1 fully saturated rings. The number of aromatic hydroxyl groups is 1. The summed E-state index contributed by atoms with van der Waals surface area (Å²) in [6.07, 6.45) is 0.551. The van der Waals surface area contributed by atoms with E-state index < -0.39 is 35.9 Å². The number of carbonyl (C=O) groups excluding carboxylic acids is 2. The van der Waals surface area contributed by atoms with Crippen LogP contribution in [0.15, 0.2) is 60.8 Å². The molecule has 206 valence electrons. The van der Waals surface area contributed by atoms with Crippen LogP contribution >= 0.6 is 0 Å². The first kappa shape index (κ1) is 27.8. The molecule has 10 heteroatoms. The molecule has 4 unspecified atom stereocenters. The molecule has 4 atom stereocenters. The number of hydrogen-bond donors (Lipinski definition) is 2. The summed E-state index contributed by atoms with van der Waals surface area (Å²) < 4.78 is 36.5. The van der Waals surface area contributed by atoms with Gasteiger partial charge in [-0.3, -0.25) is 4.79 Å². The molecule has 1 aromatic heterocycles. The number of cyclic esters (lactones) is 1. The lowest BCUT2D eigenvalue weighted by atomic mass is 9.89. The van der Waals surface area contributed by atoms with Crippen LogP contribution in [0.25, 0.3) is 0 Å². The first-order valence-electron chi connectivity index (χ1n) is 12.5. The number of methoxy groups -OCH3 is 1. The van der Waals surface area contributed by atoms with Crippen molar-refractivity contribution in [2.45, 2.75) is 38.5 Å². The Balaban J connectivity index is 1.56. The zero-order valence-corrected chi connectivity index (χ0v) is 21.9.